The minimum atomic E-state index is -4.43. The summed E-state index contributed by atoms with van der Waals surface area (Å²) in [6.45, 7) is 7.69. The van der Waals surface area contributed by atoms with Crippen molar-refractivity contribution >= 4 is 24.2 Å². The van der Waals surface area contributed by atoms with Crippen LogP contribution in [0.25, 0.3) is 0 Å². The largest absolute Gasteiger partial charge is 0.490 e. The fourth-order valence-corrected chi connectivity index (χ4v) is 8.12. The highest BCUT2D eigenvalue weighted by Crippen LogP contribution is 2.43. The van der Waals surface area contributed by atoms with E-state index in [0.717, 1.165) is 25.0 Å². The fourth-order valence-electron chi connectivity index (χ4n) is 5.96. The minimum absolute atomic E-state index is 0.125. The Hall–Kier alpha value is -2.45. The molecule has 2 aromatic carbocycles. The number of hydrogen-bond acceptors (Lipinski definition) is 6. The van der Waals surface area contributed by atoms with Crippen LogP contribution in [0.3, 0.4) is 0 Å². The number of hydrogen-bond donors (Lipinski definition) is 1. The van der Waals surface area contributed by atoms with E-state index in [-0.39, 0.29) is 30.0 Å². The molecule has 3 fully saturated rings. The summed E-state index contributed by atoms with van der Waals surface area (Å²) >= 11 is 0. The predicted molar refractivity (Wildman–Crippen MR) is 158 cm³/mol. The lowest BCUT2D eigenvalue weighted by molar-refractivity contribution is -0.137. The second-order valence-corrected chi connectivity index (χ2v) is 19.1. The van der Waals surface area contributed by atoms with Crippen LogP contribution in [0.4, 0.5) is 13.2 Å². The van der Waals surface area contributed by atoms with Crippen LogP contribution in [-0.4, -0.2) is 70.2 Å². The molecule has 5 rings (SSSR count). The van der Waals surface area contributed by atoms with Crippen molar-refractivity contribution in [3.63, 3.8) is 0 Å². The first-order valence-electron chi connectivity index (χ1n) is 14.9. The number of carbonyl (C=O) groups is 1. The lowest BCUT2D eigenvalue weighted by atomic mass is 9.72. The number of rotatable bonds is 9. The molecule has 1 saturated carbocycles. The molecule has 1 aliphatic carbocycles. The van der Waals surface area contributed by atoms with Gasteiger partial charge in [-0.3, -0.25) is 4.79 Å². The van der Waals surface area contributed by atoms with Crippen molar-refractivity contribution < 1.29 is 35.6 Å². The van der Waals surface area contributed by atoms with Crippen LogP contribution in [-0.2, 0) is 30.9 Å². The van der Waals surface area contributed by atoms with E-state index in [1.165, 1.54) is 16.4 Å². The molecule has 1 amide bonds. The van der Waals surface area contributed by atoms with E-state index in [4.69, 9.17) is 9.26 Å². The number of ether oxygens (including phenoxy) is 1. The number of sulfonamides is 1. The van der Waals surface area contributed by atoms with Gasteiger partial charge >= 0.3 is 6.18 Å². The summed E-state index contributed by atoms with van der Waals surface area (Å²) in [6, 6.07) is 11.9. The molecule has 1 N–H and O–H groups in total. The molecule has 0 unspecified atom stereocenters. The van der Waals surface area contributed by atoms with Gasteiger partial charge in [-0.15, -0.1) is 0 Å². The highest BCUT2D eigenvalue weighted by Gasteiger charge is 2.48. The van der Waals surface area contributed by atoms with Gasteiger partial charge in [-0.05, 0) is 107 Å². The van der Waals surface area contributed by atoms with Crippen LogP contribution in [0, 0.1) is 0 Å². The molecule has 2 aromatic rings. The second-order valence-electron chi connectivity index (χ2n) is 12.7. The summed E-state index contributed by atoms with van der Waals surface area (Å²) in [5.41, 5.74) is 1.39. The van der Waals surface area contributed by atoms with E-state index in [1.54, 1.807) is 24.3 Å². The highest BCUT2D eigenvalue weighted by molar-refractivity contribution is 7.89. The average Bonchev–Trinajstić information content (AvgIpc) is 3.81. The summed E-state index contributed by atoms with van der Waals surface area (Å²) in [6.07, 6.45) is -0.712. The number of nitrogens with one attached hydrogen (secondary N) is 1. The molecule has 0 bridgehead atoms. The maximum atomic E-state index is 14.1. The van der Waals surface area contributed by atoms with Crippen LogP contribution < -0.4 is 10.2 Å². The van der Waals surface area contributed by atoms with Gasteiger partial charge in [0.1, 0.15) is 11.9 Å². The van der Waals surface area contributed by atoms with Crippen molar-refractivity contribution in [3.8, 4) is 5.75 Å². The van der Waals surface area contributed by atoms with E-state index in [1.807, 2.05) is 19.6 Å². The summed E-state index contributed by atoms with van der Waals surface area (Å²) in [4.78, 5) is 16.4. The molecule has 2 aliphatic heterocycles. The van der Waals surface area contributed by atoms with Crippen molar-refractivity contribution in [2.45, 2.75) is 86.8 Å². The molecule has 0 radical (unpaired) electrons. The lowest BCUT2D eigenvalue weighted by Gasteiger charge is -2.42. The Balaban J connectivity index is 1.33. The van der Waals surface area contributed by atoms with Crippen LogP contribution in [0.1, 0.15) is 49.7 Å². The quantitative estimate of drug-likeness (QED) is 0.296. The van der Waals surface area contributed by atoms with E-state index in [9.17, 15) is 26.4 Å². The predicted octanol–water partition coefficient (Wildman–Crippen LogP) is 5.32. The SMILES string of the molecule is C[Si](C)(C)ONC(=O)C1(c2ccccc2S(=O)(=O)N2CCC(Oc3ccc(C(F)(F)F)cc3)CC2)CCN(C2CC2)CC1. The van der Waals surface area contributed by atoms with Gasteiger partial charge in [0.15, 0.2) is 0 Å². The fraction of sp³-hybridized carbons (Fsp3) is 0.567. The number of hydroxylamine groups is 1. The molecule has 2 saturated heterocycles. The van der Waals surface area contributed by atoms with Gasteiger partial charge in [0.2, 0.25) is 18.3 Å². The van der Waals surface area contributed by atoms with Gasteiger partial charge in [0.05, 0.1) is 15.9 Å². The van der Waals surface area contributed by atoms with Crippen molar-refractivity contribution in [2.24, 2.45) is 0 Å². The summed E-state index contributed by atoms with van der Waals surface area (Å²) < 4.78 is 80.0. The van der Waals surface area contributed by atoms with Gasteiger partial charge in [-0.2, -0.15) is 17.5 Å². The highest BCUT2D eigenvalue weighted by atomic mass is 32.2. The Kier molecular flexibility index (Phi) is 9.03. The molecular formula is C30H40F3N3O5SSi. The van der Waals surface area contributed by atoms with Crippen molar-refractivity contribution in [1.82, 2.24) is 14.7 Å². The summed E-state index contributed by atoms with van der Waals surface area (Å²) in [7, 11) is -6.06. The molecule has 8 nitrogen and oxygen atoms in total. The number of nitrogens with zero attached hydrogens (tertiary/aromatic N) is 2. The number of carbonyl (C=O) groups excluding carboxylic acids is 1. The molecule has 236 valence electrons. The Morgan fingerprint density at radius 2 is 1.53 bits per heavy atom. The van der Waals surface area contributed by atoms with E-state index >= 15 is 0 Å². The van der Waals surface area contributed by atoms with Gasteiger partial charge in [0, 0.05) is 19.1 Å². The Labute approximate surface area is 252 Å². The third-order valence-corrected chi connectivity index (χ3v) is 11.2. The third kappa shape index (κ3) is 7.27. The van der Waals surface area contributed by atoms with Gasteiger partial charge in [0.25, 0.3) is 5.91 Å². The normalized spacial score (nSPS) is 21.0. The molecular weight excluding hydrogens is 599 g/mol. The van der Waals surface area contributed by atoms with Crippen LogP contribution in [0.5, 0.6) is 5.75 Å². The molecule has 0 spiro atoms. The Bertz CT molecular complexity index is 1400. The van der Waals surface area contributed by atoms with Crippen molar-refractivity contribution in [1.29, 1.82) is 0 Å². The molecule has 0 aromatic heterocycles. The number of likely N-dealkylation sites (tertiary alicyclic amines) is 1. The Morgan fingerprint density at radius 3 is 2.09 bits per heavy atom. The first-order chi connectivity index (χ1) is 20.2. The zero-order valence-corrected chi connectivity index (χ0v) is 26.6. The first-order valence-corrected chi connectivity index (χ1v) is 19.7. The smallest absolute Gasteiger partial charge is 0.416 e. The number of piperidine rings is 2. The molecule has 2 heterocycles. The number of halogens is 3. The number of alkyl halides is 3. The Morgan fingerprint density at radius 1 is 0.930 bits per heavy atom. The van der Waals surface area contributed by atoms with E-state index in [2.05, 4.69) is 10.4 Å². The van der Waals surface area contributed by atoms with Crippen molar-refractivity contribution in [3.05, 3.63) is 59.7 Å². The third-order valence-electron chi connectivity index (χ3n) is 8.51. The molecule has 13 heteroatoms. The summed E-state index contributed by atoms with van der Waals surface area (Å²) in [5, 5.41) is 0. The van der Waals surface area contributed by atoms with Crippen molar-refractivity contribution in [2.75, 3.05) is 26.2 Å². The van der Waals surface area contributed by atoms with Gasteiger partial charge < -0.3 is 14.2 Å². The lowest BCUT2D eigenvalue weighted by Crippen LogP contribution is -2.54. The topological polar surface area (TPSA) is 88.2 Å². The van der Waals surface area contributed by atoms with Crippen LogP contribution in [0.2, 0.25) is 19.6 Å². The first kappa shape index (κ1) is 32.0. The summed E-state index contributed by atoms with van der Waals surface area (Å²) in [5.74, 6) is 0.00218. The monoisotopic (exact) mass is 639 g/mol. The van der Waals surface area contributed by atoms with E-state index in [0.29, 0.717) is 56.1 Å². The number of amides is 1. The molecule has 3 aliphatic rings. The maximum absolute atomic E-state index is 14.1. The van der Waals surface area contributed by atoms with Crippen LogP contribution >= 0.6 is 0 Å². The number of benzene rings is 2. The minimum Gasteiger partial charge on any atom is -0.490 e. The maximum Gasteiger partial charge on any atom is 0.416 e. The zero-order valence-electron chi connectivity index (χ0n) is 24.8. The van der Waals surface area contributed by atoms with Crippen LogP contribution in [0.15, 0.2) is 53.4 Å². The zero-order chi connectivity index (χ0) is 31.0. The molecule has 43 heavy (non-hydrogen) atoms. The van der Waals surface area contributed by atoms with Gasteiger partial charge in [-0.1, -0.05) is 18.2 Å². The van der Waals surface area contributed by atoms with E-state index < -0.39 is 35.5 Å². The molecule has 0 atom stereocenters. The average molecular weight is 640 g/mol. The standard InChI is InChI=1S/C30H40F3N3O5SSi/c1-43(2,3)41-34-28(37)29(16-20-35(21-17-29)23-10-11-23)26-6-4-5-7-27(26)42(38,39)36-18-14-25(15-19-36)40-24-12-8-22(9-13-24)30(31,32)33/h4-9,12-13,23,25H,10-11,14-21H2,1-3H3,(H,34,37). The van der Waals surface area contributed by atoms with Gasteiger partial charge in [-0.25, -0.2) is 13.9 Å². The second kappa shape index (κ2) is 12.1.